The summed E-state index contributed by atoms with van der Waals surface area (Å²) in [5.41, 5.74) is 2.10. The molecule has 20 heavy (non-hydrogen) atoms. The minimum Gasteiger partial charge on any atom is -0.481 e. The van der Waals surface area contributed by atoms with Gasteiger partial charge in [0.15, 0.2) is 0 Å². The average molecular weight is 343 g/mol. The molecule has 110 valence electrons. The predicted molar refractivity (Wildman–Crippen MR) is 80.5 cm³/mol. The second-order valence-electron chi connectivity index (χ2n) is 4.86. The number of aryl methyl sites for hydroxylation is 1. The summed E-state index contributed by atoms with van der Waals surface area (Å²) in [6.45, 7) is 4.15. The smallest absolute Gasteiger partial charge is 0.317 e. The molecule has 1 aromatic carbocycles. The molecule has 5 nitrogen and oxygen atoms in total. The lowest BCUT2D eigenvalue weighted by molar-refractivity contribution is -0.141. The number of carboxylic acid groups (broad SMARTS) is 1. The van der Waals surface area contributed by atoms with Crippen LogP contribution in [0.25, 0.3) is 0 Å². The van der Waals surface area contributed by atoms with Crippen LogP contribution in [0.5, 0.6) is 0 Å². The first kappa shape index (κ1) is 16.5. The molecule has 1 unspecified atom stereocenters. The van der Waals surface area contributed by atoms with Gasteiger partial charge < -0.3 is 15.3 Å². The van der Waals surface area contributed by atoms with Crippen molar-refractivity contribution in [1.82, 2.24) is 10.2 Å². The van der Waals surface area contributed by atoms with Gasteiger partial charge in [-0.15, -0.1) is 0 Å². The SMILES string of the molecule is Cc1cc(CNC(=O)N(C)CC(C)C(=O)O)ccc1Br. The van der Waals surface area contributed by atoms with E-state index in [2.05, 4.69) is 21.2 Å². The van der Waals surface area contributed by atoms with Crippen LogP contribution in [-0.4, -0.2) is 35.6 Å². The van der Waals surface area contributed by atoms with Crippen molar-refractivity contribution in [3.8, 4) is 0 Å². The largest absolute Gasteiger partial charge is 0.481 e. The van der Waals surface area contributed by atoms with E-state index < -0.39 is 11.9 Å². The normalized spacial score (nSPS) is 11.8. The first-order valence-electron chi connectivity index (χ1n) is 6.28. The van der Waals surface area contributed by atoms with Crippen LogP contribution in [0.4, 0.5) is 4.79 Å². The second-order valence-corrected chi connectivity index (χ2v) is 5.72. The van der Waals surface area contributed by atoms with Crippen molar-refractivity contribution in [2.45, 2.75) is 20.4 Å². The minimum absolute atomic E-state index is 0.181. The maximum atomic E-state index is 11.8. The number of carbonyl (C=O) groups is 2. The van der Waals surface area contributed by atoms with Gasteiger partial charge in [-0.2, -0.15) is 0 Å². The van der Waals surface area contributed by atoms with Crippen molar-refractivity contribution in [1.29, 1.82) is 0 Å². The molecule has 0 aromatic heterocycles. The molecule has 6 heteroatoms. The van der Waals surface area contributed by atoms with Gasteiger partial charge in [-0.25, -0.2) is 4.79 Å². The van der Waals surface area contributed by atoms with Crippen LogP contribution >= 0.6 is 15.9 Å². The van der Waals surface area contributed by atoms with Gasteiger partial charge in [0.25, 0.3) is 0 Å². The first-order valence-corrected chi connectivity index (χ1v) is 7.07. The van der Waals surface area contributed by atoms with Crippen molar-refractivity contribution in [3.05, 3.63) is 33.8 Å². The summed E-state index contributed by atoms with van der Waals surface area (Å²) in [6, 6.07) is 5.58. The number of hydrogen-bond donors (Lipinski definition) is 2. The first-order chi connectivity index (χ1) is 9.31. The Bertz CT molecular complexity index is 505. The van der Waals surface area contributed by atoms with Crippen molar-refractivity contribution < 1.29 is 14.7 Å². The van der Waals surface area contributed by atoms with Gasteiger partial charge in [-0.1, -0.05) is 35.0 Å². The highest BCUT2D eigenvalue weighted by molar-refractivity contribution is 9.10. The molecule has 0 spiro atoms. The number of hydrogen-bond acceptors (Lipinski definition) is 2. The number of nitrogens with one attached hydrogen (secondary N) is 1. The van der Waals surface area contributed by atoms with Gasteiger partial charge in [-0.3, -0.25) is 4.79 Å². The van der Waals surface area contributed by atoms with E-state index in [1.54, 1.807) is 14.0 Å². The number of carbonyl (C=O) groups excluding carboxylic acids is 1. The molecule has 0 saturated carbocycles. The zero-order chi connectivity index (χ0) is 15.3. The Kier molecular flexibility index (Phi) is 6.01. The molecule has 0 aliphatic carbocycles. The van der Waals surface area contributed by atoms with E-state index in [1.807, 2.05) is 25.1 Å². The van der Waals surface area contributed by atoms with Gasteiger partial charge in [0.1, 0.15) is 0 Å². The van der Waals surface area contributed by atoms with Crippen LogP contribution in [0.3, 0.4) is 0 Å². The quantitative estimate of drug-likeness (QED) is 0.864. The number of rotatable bonds is 5. The van der Waals surface area contributed by atoms with E-state index >= 15 is 0 Å². The Morgan fingerprint density at radius 2 is 2.10 bits per heavy atom. The lowest BCUT2D eigenvalue weighted by Gasteiger charge is -2.20. The lowest BCUT2D eigenvalue weighted by Crippen LogP contribution is -2.40. The summed E-state index contributed by atoms with van der Waals surface area (Å²) in [5, 5.41) is 11.6. The van der Waals surface area contributed by atoms with Gasteiger partial charge in [0, 0.05) is 24.6 Å². The van der Waals surface area contributed by atoms with Crippen LogP contribution in [-0.2, 0) is 11.3 Å². The molecular weight excluding hydrogens is 324 g/mol. The molecule has 0 saturated heterocycles. The van der Waals surface area contributed by atoms with Crippen LogP contribution in [0, 0.1) is 12.8 Å². The summed E-state index contributed by atoms with van der Waals surface area (Å²) in [4.78, 5) is 24.0. The Morgan fingerprint density at radius 1 is 1.45 bits per heavy atom. The highest BCUT2D eigenvalue weighted by Gasteiger charge is 2.16. The maximum absolute atomic E-state index is 11.8. The number of nitrogens with zero attached hydrogens (tertiary/aromatic N) is 1. The van der Waals surface area contributed by atoms with E-state index in [0.717, 1.165) is 15.6 Å². The van der Waals surface area contributed by atoms with Crippen molar-refractivity contribution >= 4 is 27.9 Å². The Morgan fingerprint density at radius 3 is 2.65 bits per heavy atom. The van der Waals surface area contributed by atoms with E-state index in [0.29, 0.717) is 6.54 Å². The highest BCUT2D eigenvalue weighted by Crippen LogP contribution is 2.16. The van der Waals surface area contributed by atoms with Gasteiger partial charge in [0.2, 0.25) is 0 Å². The zero-order valence-electron chi connectivity index (χ0n) is 11.8. The number of benzene rings is 1. The molecule has 0 radical (unpaired) electrons. The highest BCUT2D eigenvalue weighted by atomic mass is 79.9. The standard InChI is InChI=1S/C14H19BrN2O3/c1-9-6-11(4-5-12(9)15)7-16-14(20)17(3)8-10(2)13(18)19/h4-6,10H,7-8H2,1-3H3,(H,16,20)(H,18,19). The van der Waals surface area contributed by atoms with Crippen LogP contribution in [0.2, 0.25) is 0 Å². The second kappa shape index (κ2) is 7.28. The Hall–Kier alpha value is -1.56. The number of amides is 2. The molecule has 0 aliphatic rings. The van der Waals surface area contributed by atoms with Crippen LogP contribution in [0.1, 0.15) is 18.1 Å². The number of urea groups is 1. The fourth-order valence-electron chi connectivity index (χ4n) is 1.70. The number of aliphatic carboxylic acids is 1. The summed E-state index contributed by atoms with van der Waals surface area (Å²) in [6.07, 6.45) is 0. The Labute approximate surface area is 127 Å². The third-order valence-corrected chi connectivity index (χ3v) is 3.87. The molecule has 2 N–H and O–H groups in total. The van der Waals surface area contributed by atoms with E-state index in [9.17, 15) is 9.59 Å². The summed E-state index contributed by atoms with van der Waals surface area (Å²) in [5.74, 6) is -1.49. The van der Waals surface area contributed by atoms with Gasteiger partial charge >= 0.3 is 12.0 Å². The predicted octanol–water partition coefficient (Wildman–Crippen LogP) is 2.62. The molecular formula is C14H19BrN2O3. The fraction of sp³-hybridized carbons (Fsp3) is 0.429. The third-order valence-electron chi connectivity index (χ3n) is 2.98. The van der Waals surface area contributed by atoms with Crippen molar-refractivity contribution in [2.75, 3.05) is 13.6 Å². The molecule has 2 amide bonds. The van der Waals surface area contributed by atoms with E-state index in [1.165, 1.54) is 4.90 Å². The monoisotopic (exact) mass is 342 g/mol. The van der Waals surface area contributed by atoms with Gasteiger partial charge in [-0.05, 0) is 24.1 Å². The minimum atomic E-state index is -0.909. The molecule has 0 heterocycles. The molecule has 1 aromatic rings. The van der Waals surface area contributed by atoms with E-state index in [4.69, 9.17) is 5.11 Å². The zero-order valence-corrected chi connectivity index (χ0v) is 13.4. The summed E-state index contributed by atoms with van der Waals surface area (Å²) >= 11 is 3.42. The van der Waals surface area contributed by atoms with Crippen LogP contribution in [0.15, 0.2) is 22.7 Å². The van der Waals surface area contributed by atoms with Crippen molar-refractivity contribution in [2.24, 2.45) is 5.92 Å². The topological polar surface area (TPSA) is 69.6 Å². The average Bonchev–Trinajstić information content (AvgIpc) is 2.39. The van der Waals surface area contributed by atoms with Crippen molar-refractivity contribution in [3.63, 3.8) is 0 Å². The maximum Gasteiger partial charge on any atom is 0.317 e. The summed E-state index contributed by atoms with van der Waals surface area (Å²) in [7, 11) is 1.58. The molecule has 0 aliphatic heterocycles. The molecule has 1 rings (SSSR count). The Balaban J connectivity index is 2.50. The number of carboxylic acids is 1. The van der Waals surface area contributed by atoms with Crippen LogP contribution < -0.4 is 5.32 Å². The molecule has 0 fully saturated rings. The molecule has 0 bridgehead atoms. The lowest BCUT2D eigenvalue weighted by atomic mass is 10.1. The molecule has 1 atom stereocenters. The van der Waals surface area contributed by atoms with Gasteiger partial charge in [0.05, 0.1) is 5.92 Å². The fourth-order valence-corrected chi connectivity index (χ4v) is 1.95. The summed E-state index contributed by atoms with van der Waals surface area (Å²) < 4.78 is 1.03. The third kappa shape index (κ3) is 4.85. The number of halogens is 1. The van der Waals surface area contributed by atoms with E-state index in [-0.39, 0.29) is 12.6 Å².